The van der Waals surface area contributed by atoms with Crippen LogP contribution in [0.4, 0.5) is 4.79 Å². The van der Waals surface area contributed by atoms with Gasteiger partial charge in [0.15, 0.2) is 0 Å². The van der Waals surface area contributed by atoms with Crippen LogP contribution in [0.2, 0.25) is 0 Å². The van der Waals surface area contributed by atoms with E-state index in [1.165, 1.54) is 6.42 Å². The number of amides is 4. The molecule has 4 amide bonds. The van der Waals surface area contributed by atoms with Gasteiger partial charge in [0.2, 0.25) is 5.91 Å². The Morgan fingerprint density at radius 2 is 1.77 bits per heavy atom. The molecule has 2 aromatic rings. The summed E-state index contributed by atoms with van der Waals surface area (Å²) in [6.45, 7) is 5.54. The van der Waals surface area contributed by atoms with E-state index in [9.17, 15) is 14.4 Å². The zero-order valence-electron chi connectivity index (χ0n) is 18.7. The Balaban J connectivity index is 1.56. The molecule has 31 heavy (non-hydrogen) atoms. The Hall–Kier alpha value is -2.89. The summed E-state index contributed by atoms with van der Waals surface area (Å²) in [6.07, 6.45) is 5.98. The van der Waals surface area contributed by atoms with Crippen molar-refractivity contribution in [3.8, 4) is 0 Å². The van der Waals surface area contributed by atoms with E-state index in [0.29, 0.717) is 6.42 Å². The van der Waals surface area contributed by atoms with E-state index in [1.54, 1.807) is 6.92 Å². The van der Waals surface area contributed by atoms with Crippen LogP contribution in [-0.2, 0) is 9.59 Å². The maximum absolute atomic E-state index is 12.9. The molecule has 2 N–H and O–H groups in total. The fraction of sp³-hybridized carbons (Fsp3) is 0.480. The highest BCUT2D eigenvalue weighted by Gasteiger charge is 2.47. The van der Waals surface area contributed by atoms with Crippen LogP contribution >= 0.6 is 0 Å². The number of hydrogen-bond donors (Lipinski definition) is 2. The third-order valence-electron chi connectivity index (χ3n) is 6.08. The minimum atomic E-state index is -0.923. The van der Waals surface area contributed by atoms with Crippen molar-refractivity contribution in [2.24, 2.45) is 0 Å². The molecular formula is C25H33N3O3. The number of nitrogens with one attached hydrogen (secondary N) is 2. The van der Waals surface area contributed by atoms with Gasteiger partial charge in [-0.3, -0.25) is 14.5 Å². The average Bonchev–Trinajstić information content (AvgIpc) is 2.96. The van der Waals surface area contributed by atoms with E-state index in [0.717, 1.165) is 46.9 Å². The fourth-order valence-electron chi connectivity index (χ4n) is 4.13. The monoisotopic (exact) mass is 423 g/mol. The zero-order valence-corrected chi connectivity index (χ0v) is 18.7. The highest BCUT2D eigenvalue weighted by atomic mass is 16.2. The smallest absolute Gasteiger partial charge is 0.325 e. The third kappa shape index (κ3) is 5.43. The van der Waals surface area contributed by atoms with E-state index in [2.05, 4.69) is 17.6 Å². The zero-order chi connectivity index (χ0) is 22.4. The number of imide groups is 1. The van der Waals surface area contributed by atoms with Crippen LogP contribution in [0.15, 0.2) is 42.5 Å². The van der Waals surface area contributed by atoms with Gasteiger partial charge in [0, 0.05) is 0 Å². The molecule has 1 aliphatic rings. The number of urea groups is 1. The maximum Gasteiger partial charge on any atom is 0.325 e. The van der Waals surface area contributed by atoms with Crippen LogP contribution in [0.25, 0.3) is 10.8 Å². The van der Waals surface area contributed by atoms with Crippen molar-refractivity contribution >= 4 is 28.6 Å². The Kier molecular flexibility index (Phi) is 7.31. The molecule has 0 aromatic heterocycles. The van der Waals surface area contributed by atoms with Gasteiger partial charge < -0.3 is 10.6 Å². The second-order valence-corrected chi connectivity index (χ2v) is 8.71. The topological polar surface area (TPSA) is 78.5 Å². The molecule has 0 radical (unpaired) electrons. The minimum Gasteiger partial charge on any atom is -0.348 e. The Labute approximate surface area is 184 Å². The van der Waals surface area contributed by atoms with Gasteiger partial charge in [0.05, 0.1) is 6.04 Å². The van der Waals surface area contributed by atoms with Crippen LogP contribution < -0.4 is 10.6 Å². The first-order valence-corrected chi connectivity index (χ1v) is 11.3. The molecule has 3 rings (SSSR count). The standard InChI is InChI=1S/C25H33N3O3/c1-4-5-6-7-10-15-25(3)23(30)28(24(31)27-25)17-22(29)26-18(2)20-14-13-19-11-8-9-12-21(19)16-20/h8-9,11-14,16,18H,4-7,10,15,17H2,1-3H3,(H,26,29)(H,27,31)/t18-,25+/m0/s1. The molecule has 0 spiro atoms. The minimum absolute atomic E-state index is 0.233. The Morgan fingerprint density at radius 1 is 1.06 bits per heavy atom. The van der Waals surface area contributed by atoms with Gasteiger partial charge in [-0.05, 0) is 42.7 Å². The summed E-state index contributed by atoms with van der Waals surface area (Å²) in [5, 5.41) is 7.94. The highest BCUT2D eigenvalue weighted by Crippen LogP contribution is 2.24. The summed E-state index contributed by atoms with van der Waals surface area (Å²) in [5.74, 6) is -0.669. The number of nitrogens with zero attached hydrogens (tertiary/aromatic N) is 1. The van der Waals surface area contributed by atoms with Gasteiger partial charge >= 0.3 is 6.03 Å². The molecule has 1 saturated heterocycles. The first-order valence-electron chi connectivity index (χ1n) is 11.3. The lowest BCUT2D eigenvalue weighted by Gasteiger charge is -2.22. The largest absolute Gasteiger partial charge is 0.348 e. The van der Waals surface area contributed by atoms with E-state index in [1.807, 2.05) is 49.4 Å². The summed E-state index contributed by atoms with van der Waals surface area (Å²) in [4.78, 5) is 38.9. The van der Waals surface area contributed by atoms with Crippen LogP contribution in [0.1, 0.15) is 70.9 Å². The van der Waals surface area contributed by atoms with Gasteiger partial charge in [-0.1, -0.05) is 75.4 Å². The predicted molar refractivity (Wildman–Crippen MR) is 123 cm³/mol. The lowest BCUT2D eigenvalue weighted by atomic mass is 9.94. The summed E-state index contributed by atoms with van der Waals surface area (Å²) in [7, 11) is 0. The van der Waals surface area contributed by atoms with Crippen molar-refractivity contribution in [2.75, 3.05) is 6.54 Å². The first-order chi connectivity index (χ1) is 14.8. The van der Waals surface area contributed by atoms with Crippen molar-refractivity contribution in [1.82, 2.24) is 15.5 Å². The van der Waals surface area contributed by atoms with Gasteiger partial charge in [-0.25, -0.2) is 4.79 Å². The normalized spacial score (nSPS) is 19.5. The number of benzene rings is 2. The van der Waals surface area contributed by atoms with Crippen LogP contribution in [0.3, 0.4) is 0 Å². The molecule has 166 valence electrons. The second kappa shape index (κ2) is 9.94. The Morgan fingerprint density at radius 3 is 2.52 bits per heavy atom. The van der Waals surface area contributed by atoms with Gasteiger partial charge in [-0.15, -0.1) is 0 Å². The molecule has 0 unspecified atom stereocenters. The van der Waals surface area contributed by atoms with Gasteiger partial charge in [0.25, 0.3) is 5.91 Å². The number of carbonyl (C=O) groups excluding carboxylic acids is 3. The number of carbonyl (C=O) groups is 3. The lowest BCUT2D eigenvalue weighted by Crippen LogP contribution is -2.45. The summed E-state index contributed by atoms with van der Waals surface area (Å²) in [5.41, 5.74) is 0.0502. The van der Waals surface area contributed by atoms with E-state index in [-0.39, 0.29) is 24.4 Å². The number of fused-ring (bicyclic) bond motifs is 1. The van der Waals surface area contributed by atoms with Crippen molar-refractivity contribution < 1.29 is 14.4 Å². The quantitative estimate of drug-likeness (QED) is 0.430. The molecule has 2 aromatic carbocycles. The van der Waals surface area contributed by atoms with Crippen LogP contribution in [0.5, 0.6) is 0 Å². The maximum atomic E-state index is 12.9. The average molecular weight is 424 g/mol. The molecule has 1 fully saturated rings. The van der Waals surface area contributed by atoms with Crippen molar-refractivity contribution in [1.29, 1.82) is 0 Å². The summed E-state index contributed by atoms with van der Waals surface area (Å²) in [6, 6.07) is 13.4. The molecule has 0 bridgehead atoms. The SMILES string of the molecule is CCCCCCC[C@@]1(C)NC(=O)N(CC(=O)N[C@@H](C)c2ccc3ccccc3c2)C1=O. The fourth-order valence-corrected chi connectivity index (χ4v) is 4.13. The van der Waals surface area contributed by atoms with E-state index < -0.39 is 11.6 Å². The van der Waals surface area contributed by atoms with Gasteiger partial charge in [-0.2, -0.15) is 0 Å². The number of hydrogen-bond acceptors (Lipinski definition) is 3. The number of rotatable bonds is 10. The van der Waals surface area contributed by atoms with Crippen molar-refractivity contribution in [2.45, 2.75) is 70.9 Å². The number of unbranched alkanes of at least 4 members (excludes halogenated alkanes) is 4. The van der Waals surface area contributed by atoms with Crippen LogP contribution in [0, 0.1) is 0 Å². The van der Waals surface area contributed by atoms with Crippen LogP contribution in [-0.4, -0.2) is 34.8 Å². The Bertz CT molecular complexity index is 958. The lowest BCUT2D eigenvalue weighted by molar-refractivity contribution is -0.135. The molecule has 2 atom stereocenters. The predicted octanol–water partition coefficient (Wildman–Crippen LogP) is 4.69. The van der Waals surface area contributed by atoms with Crippen molar-refractivity contribution in [3.05, 3.63) is 48.0 Å². The van der Waals surface area contributed by atoms with Crippen molar-refractivity contribution in [3.63, 3.8) is 0 Å². The first kappa shape index (κ1) is 22.8. The molecular weight excluding hydrogens is 390 g/mol. The van der Waals surface area contributed by atoms with Gasteiger partial charge in [0.1, 0.15) is 12.1 Å². The molecule has 0 aliphatic carbocycles. The summed E-state index contributed by atoms with van der Waals surface area (Å²) < 4.78 is 0. The molecule has 6 heteroatoms. The third-order valence-corrected chi connectivity index (χ3v) is 6.08. The molecule has 1 aliphatic heterocycles. The molecule has 0 saturated carbocycles. The molecule has 6 nitrogen and oxygen atoms in total. The summed E-state index contributed by atoms with van der Waals surface area (Å²) >= 11 is 0. The van der Waals surface area contributed by atoms with E-state index >= 15 is 0 Å². The second-order valence-electron chi connectivity index (χ2n) is 8.71. The molecule has 1 heterocycles. The van der Waals surface area contributed by atoms with E-state index in [4.69, 9.17) is 0 Å². The highest BCUT2D eigenvalue weighted by molar-refractivity contribution is 6.08.